The molecule has 1 unspecified atom stereocenters. The van der Waals surface area contributed by atoms with Crippen LogP contribution >= 0.6 is 0 Å². The van der Waals surface area contributed by atoms with Crippen LogP contribution in [0.3, 0.4) is 0 Å². The molecule has 2 heterocycles. The average Bonchev–Trinajstić information content (AvgIpc) is 3.99. The molecule has 1 aliphatic carbocycles. The summed E-state index contributed by atoms with van der Waals surface area (Å²) in [7, 11) is 0. The lowest BCUT2D eigenvalue weighted by Gasteiger charge is -2.33. The fourth-order valence-corrected chi connectivity index (χ4v) is 9.76. The summed E-state index contributed by atoms with van der Waals surface area (Å²) in [6, 6.07) is 78.8. The molecule has 0 saturated carbocycles. The summed E-state index contributed by atoms with van der Waals surface area (Å²) in [5, 5.41) is 2.46. The third-order valence-electron chi connectivity index (χ3n) is 12.3. The molecule has 11 aromatic rings. The molecule has 0 amide bonds. The minimum Gasteiger partial charge on any atom is -0.436 e. The first-order valence-corrected chi connectivity index (χ1v) is 20.2. The van der Waals surface area contributed by atoms with E-state index in [4.69, 9.17) is 9.40 Å². The van der Waals surface area contributed by atoms with E-state index in [0.29, 0.717) is 5.89 Å². The van der Waals surface area contributed by atoms with Gasteiger partial charge in [0, 0.05) is 22.0 Å². The zero-order valence-corrected chi connectivity index (χ0v) is 32.1. The van der Waals surface area contributed by atoms with Crippen molar-refractivity contribution in [3.8, 4) is 50.5 Å². The topological polar surface area (TPSA) is 31.0 Å². The number of nitrogens with zero attached hydrogens (tertiary/aromatic N) is 2. The van der Waals surface area contributed by atoms with E-state index >= 15 is 0 Å². The van der Waals surface area contributed by atoms with Crippen LogP contribution < -0.4 is 0 Å². The molecule has 276 valence electrons. The van der Waals surface area contributed by atoms with Crippen LogP contribution in [0.4, 0.5) is 0 Å². The van der Waals surface area contributed by atoms with E-state index in [-0.39, 0.29) is 0 Å². The van der Waals surface area contributed by atoms with Gasteiger partial charge in [-0.2, -0.15) is 0 Å². The molecule has 0 fully saturated rings. The Morgan fingerprint density at radius 1 is 0.407 bits per heavy atom. The van der Waals surface area contributed by atoms with Crippen molar-refractivity contribution in [3.05, 3.63) is 241 Å². The maximum absolute atomic E-state index is 6.53. The normalized spacial score (nSPS) is 14.5. The number of para-hydroxylation sites is 1. The molecular weight excluding hydrogens is 717 g/mol. The molecule has 0 spiro atoms. The largest absolute Gasteiger partial charge is 0.436 e. The number of rotatable bonds is 6. The second-order valence-electron chi connectivity index (χ2n) is 15.5. The Morgan fingerprint density at radius 3 is 1.85 bits per heavy atom. The second kappa shape index (κ2) is 13.2. The average molecular weight is 753 g/mol. The SMILES string of the molecule is c1ccc(-c2ccc(-n3c4ccccc4c4cc(-c5cccc6c5-c5ccccc5C6(c5ccccc5)c5ccc6nc(-c7ccccc7)oc6c5)ccc43)cc2)cc1. The smallest absolute Gasteiger partial charge is 0.227 e. The summed E-state index contributed by atoms with van der Waals surface area (Å²) in [6.45, 7) is 0. The third kappa shape index (κ3) is 5.05. The molecule has 59 heavy (non-hydrogen) atoms. The Hall–Kier alpha value is -7.75. The van der Waals surface area contributed by atoms with E-state index < -0.39 is 5.41 Å². The highest BCUT2D eigenvalue weighted by Crippen LogP contribution is 2.58. The Morgan fingerprint density at radius 2 is 1.03 bits per heavy atom. The highest BCUT2D eigenvalue weighted by atomic mass is 16.3. The molecule has 1 aliphatic rings. The maximum atomic E-state index is 6.53. The van der Waals surface area contributed by atoms with Gasteiger partial charge in [-0.1, -0.05) is 164 Å². The quantitative estimate of drug-likeness (QED) is 0.169. The molecule has 0 bridgehead atoms. The molecule has 3 nitrogen and oxygen atoms in total. The van der Waals surface area contributed by atoms with E-state index in [9.17, 15) is 0 Å². The lowest BCUT2D eigenvalue weighted by molar-refractivity contribution is 0.618. The van der Waals surface area contributed by atoms with E-state index in [2.05, 4.69) is 193 Å². The number of benzene rings is 9. The highest BCUT2D eigenvalue weighted by molar-refractivity contribution is 6.11. The van der Waals surface area contributed by atoms with Gasteiger partial charge in [-0.3, -0.25) is 0 Å². The van der Waals surface area contributed by atoms with Gasteiger partial charge in [0.1, 0.15) is 5.52 Å². The van der Waals surface area contributed by atoms with Crippen molar-refractivity contribution < 1.29 is 4.42 Å². The van der Waals surface area contributed by atoms with Crippen molar-refractivity contribution in [3.63, 3.8) is 0 Å². The lowest BCUT2D eigenvalue weighted by atomic mass is 9.67. The maximum Gasteiger partial charge on any atom is 0.227 e. The second-order valence-corrected chi connectivity index (χ2v) is 15.5. The summed E-state index contributed by atoms with van der Waals surface area (Å²) in [6.07, 6.45) is 0. The first-order valence-electron chi connectivity index (χ1n) is 20.2. The van der Waals surface area contributed by atoms with Gasteiger partial charge in [0.15, 0.2) is 5.58 Å². The van der Waals surface area contributed by atoms with Crippen molar-refractivity contribution in [2.24, 2.45) is 0 Å². The number of hydrogen-bond acceptors (Lipinski definition) is 2. The molecule has 0 N–H and O–H groups in total. The fourth-order valence-electron chi connectivity index (χ4n) is 9.76. The number of fused-ring (bicyclic) bond motifs is 7. The first-order chi connectivity index (χ1) is 29.3. The van der Waals surface area contributed by atoms with Crippen LogP contribution in [0.1, 0.15) is 22.3 Å². The minimum absolute atomic E-state index is 0.594. The number of hydrogen-bond donors (Lipinski definition) is 0. The molecule has 0 saturated heterocycles. The van der Waals surface area contributed by atoms with Gasteiger partial charge in [0.2, 0.25) is 5.89 Å². The van der Waals surface area contributed by atoms with Crippen LogP contribution in [0.5, 0.6) is 0 Å². The molecule has 1 atom stereocenters. The summed E-state index contributed by atoms with van der Waals surface area (Å²) in [5.74, 6) is 0.627. The molecular formula is C56H36N2O. The number of oxazole rings is 1. The zero-order valence-electron chi connectivity index (χ0n) is 32.1. The van der Waals surface area contributed by atoms with Crippen molar-refractivity contribution >= 4 is 32.9 Å². The Labute approximate surface area is 342 Å². The molecule has 3 heteroatoms. The monoisotopic (exact) mass is 752 g/mol. The van der Waals surface area contributed by atoms with Crippen LogP contribution in [0.25, 0.3) is 83.4 Å². The predicted molar refractivity (Wildman–Crippen MR) is 242 cm³/mol. The molecule has 0 radical (unpaired) electrons. The Bertz CT molecular complexity index is 3360. The van der Waals surface area contributed by atoms with Gasteiger partial charge in [-0.25, -0.2) is 4.98 Å². The fraction of sp³-hybridized carbons (Fsp3) is 0.0179. The van der Waals surface area contributed by atoms with Gasteiger partial charge >= 0.3 is 0 Å². The standard InChI is InChI=1S/C56H36N2O/c1-4-15-37(16-5-1)38-27-31-43(32-28-38)58-51-26-13-11-21-45(51)47-35-40(29-34-52(47)58)44-23-14-25-49-54(44)46-22-10-12-24-48(46)56(49,41-19-8-3-9-20-41)42-30-33-50-53(36-42)59-55(57-50)39-17-6-2-7-18-39/h1-36H. The van der Waals surface area contributed by atoms with Gasteiger partial charge in [-0.15, -0.1) is 0 Å². The van der Waals surface area contributed by atoms with Gasteiger partial charge in [0.05, 0.1) is 16.4 Å². The van der Waals surface area contributed by atoms with Crippen LogP contribution in [0.2, 0.25) is 0 Å². The van der Waals surface area contributed by atoms with E-state index in [1.54, 1.807) is 0 Å². The van der Waals surface area contributed by atoms with Crippen LogP contribution in [0, 0.1) is 0 Å². The summed E-state index contributed by atoms with van der Waals surface area (Å²) in [5.41, 5.74) is 17.7. The van der Waals surface area contributed by atoms with Crippen molar-refractivity contribution in [1.29, 1.82) is 0 Å². The van der Waals surface area contributed by atoms with Gasteiger partial charge in [0.25, 0.3) is 0 Å². The highest BCUT2D eigenvalue weighted by Gasteiger charge is 2.47. The molecule has 2 aromatic heterocycles. The first kappa shape index (κ1) is 33.4. The van der Waals surface area contributed by atoms with Crippen molar-refractivity contribution in [2.45, 2.75) is 5.41 Å². The summed E-state index contributed by atoms with van der Waals surface area (Å²) in [4.78, 5) is 4.90. The van der Waals surface area contributed by atoms with Gasteiger partial charge < -0.3 is 8.98 Å². The summed E-state index contributed by atoms with van der Waals surface area (Å²) < 4.78 is 8.93. The minimum atomic E-state index is -0.594. The van der Waals surface area contributed by atoms with Crippen LogP contribution in [0.15, 0.2) is 223 Å². The van der Waals surface area contributed by atoms with E-state index in [1.165, 1.54) is 71.9 Å². The summed E-state index contributed by atoms with van der Waals surface area (Å²) >= 11 is 0. The van der Waals surface area contributed by atoms with Crippen LogP contribution in [-0.4, -0.2) is 9.55 Å². The van der Waals surface area contributed by atoms with Crippen LogP contribution in [-0.2, 0) is 5.41 Å². The van der Waals surface area contributed by atoms with Crippen molar-refractivity contribution in [1.82, 2.24) is 9.55 Å². The lowest BCUT2D eigenvalue weighted by Crippen LogP contribution is -2.28. The third-order valence-corrected chi connectivity index (χ3v) is 12.3. The zero-order chi connectivity index (χ0) is 38.9. The van der Waals surface area contributed by atoms with E-state index in [1.807, 2.05) is 30.3 Å². The Kier molecular flexibility index (Phi) is 7.45. The molecule has 12 rings (SSSR count). The molecule has 9 aromatic carbocycles. The number of aromatic nitrogens is 2. The van der Waals surface area contributed by atoms with Crippen molar-refractivity contribution in [2.75, 3.05) is 0 Å². The predicted octanol–water partition coefficient (Wildman–Crippen LogP) is 14.3. The molecule has 0 aliphatic heterocycles. The van der Waals surface area contributed by atoms with E-state index in [0.717, 1.165) is 27.9 Å². The Balaban J connectivity index is 1.06. The van der Waals surface area contributed by atoms with Gasteiger partial charge in [-0.05, 0) is 110 Å².